The summed E-state index contributed by atoms with van der Waals surface area (Å²) in [7, 11) is -4.60. The van der Waals surface area contributed by atoms with Gasteiger partial charge in [0.2, 0.25) is 0 Å². The van der Waals surface area contributed by atoms with Crippen molar-refractivity contribution >= 4 is 25.9 Å². The third-order valence-corrected chi connectivity index (χ3v) is 7.30. The van der Waals surface area contributed by atoms with Crippen LogP contribution < -0.4 is 15.3 Å². The van der Waals surface area contributed by atoms with Crippen LogP contribution in [0.2, 0.25) is 0 Å². The molecule has 11 nitrogen and oxygen atoms in total. The lowest BCUT2D eigenvalue weighted by atomic mass is 9.95. The van der Waals surface area contributed by atoms with E-state index in [1.54, 1.807) is 19.9 Å². The summed E-state index contributed by atoms with van der Waals surface area (Å²) in [6.45, 7) is 3.31. The van der Waals surface area contributed by atoms with Crippen LogP contribution in [0.5, 0.6) is 5.75 Å². The summed E-state index contributed by atoms with van der Waals surface area (Å²) in [6, 6.07) is 7.17. The molecule has 0 amide bonds. The third kappa shape index (κ3) is 6.94. The van der Waals surface area contributed by atoms with E-state index in [-0.39, 0.29) is 15.0 Å². The highest BCUT2D eigenvalue weighted by Gasteiger charge is 2.73. The average molecular weight is 599 g/mol. The van der Waals surface area contributed by atoms with Crippen LogP contribution in [0.3, 0.4) is 0 Å². The van der Waals surface area contributed by atoms with Gasteiger partial charge in [-0.1, -0.05) is 30.4 Å². The predicted octanol–water partition coefficient (Wildman–Crippen LogP) is 3.57. The topological polar surface area (TPSA) is 141 Å². The molecule has 3 rings (SSSR count). The number of H-pyrrole nitrogens is 1. The lowest BCUT2D eigenvalue weighted by molar-refractivity contribution is -0.274. The molecule has 2 heterocycles. The number of nitrogens with zero attached hydrogens (tertiary/aromatic N) is 1. The Morgan fingerprint density at radius 1 is 1.28 bits per heavy atom. The van der Waals surface area contributed by atoms with E-state index in [1.807, 2.05) is 4.98 Å². The molecule has 1 aliphatic heterocycles. The number of carbonyl (C=O) groups excluding carboxylic acids is 1. The summed E-state index contributed by atoms with van der Waals surface area (Å²) >= 11 is 4.74. The molecule has 39 heavy (non-hydrogen) atoms. The smallest absolute Gasteiger partial charge is 0.459 e. The second-order valence-corrected chi connectivity index (χ2v) is 10.9. The average Bonchev–Trinajstić information content (AvgIpc) is 3.09. The maximum absolute atomic E-state index is 15.6. The monoisotopic (exact) mass is 599 g/mol. The molecule has 1 aliphatic rings. The van der Waals surface area contributed by atoms with E-state index in [1.165, 1.54) is 31.2 Å². The zero-order chi connectivity index (χ0) is 29.2. The Morgan fingerprint density at radius 3 is 2.49 bits per heavy atom. The van der Waals surface area contributed by atoms with Crippen molar-refractivity contribution in [2.45, 2.75) is 63.2 Å². The number of aliphatic hydroxyl groups is 1. The van der Waals surface area contributed by atoms with E-state index in [9.17, 15) is 32.4 Å². The molecular formula is C22H26F4N3O8PS. The molecular weight excluding hydrogens is 573 g/mol. The Balaban J connectivity index is 1.90. The van der Waals surface area contributed by atoms with Crippen molar-refractivity contribution in [3.05, 3.63) is 57.7 Å². The van der Waals surface area contributed by atoms with E-state index >= 15 is 4.39 Å². The highest BCUT2D eigenvalue weighted by Crippen LogP contribution is 2.52. The maximum atomic E-state index is 15.6. The normalized spacial score (nSPS) is 25.7. The van der Waals surface area contributed by atoms with Crippen LogP contribution in [0.25, 0.3) is 0 Å². The molecule has 0 aliphatic carbocycles. The number of hydrogen-bond donors (Lipinski definition) is 3. The molecule has 0 bridgehead atoms. The first-order chi connectivity index (χ1) is 18.1. The van der Waals surface area contributed by atoms with Gasteiger partial charge < -0.3 is 19.1 Å². The second kappa shape index (κ2) is 11.9. The van der Waals surface area contributed by atoms with E-state index < -0.39 is 68.4 Å². The molecule has 1 aromatic carbocycles. The number of alkyl halides is 4. The molecule has 1 fully saturated rings. The quantitative estimate of drug-likeness (QED) is 0.161. The van der Waals surface area contributed by atoms with Crippen molar-refractivity contribution in [3.63, 3.8) is 0 Å². The van der Waals surface area contributed by atoms with Crippen molar-refractivity contribution in [2.75, 3.05) is 6.61 Å². The molecule has 0 spiro atoms. The van der Waals surface area contributed by atoms with Crippen LogP contribution >= 0.6 is 20.0 Å². The van der Waals surface area contributed by atoms with Crippen molar-refractivity contribution in [3.8, 4) is 5.75 Å². The number of para-hydroxylation sites is 1. The van der Waals surface area contributed by atoms with Gasteiger partial charge in [-0.2, -0.15) is 18.3 Å². The molecule has 1 saturated heterocycles. The number of aromatic amines is 1. The fourth-order valence-electron chi connectivity index (χ4n) is 3.58. The van der Waals surface area contributed by atoms with Crippen molar-refractivity contribution in [2.24, 2.45) is 0 Å². The molecule has 17 heteroatoms. The van der Waals surface area contributed by atoms with Gasteiger partial charge in [-0.05, 0) is 39.0 Å². The number of esters is 1. The highest BCUT2D eigenvalue weighted by molar-refractivity contribution is 7.71. The first-order valence-electron chi connectivity index (χ1n) is 11.5. The molecule has 6 unspecified atom stereocenters. The minimum Gasteiger partial charge on any atom is -0.462 e. The fraction of sp³-hybridized carbons (Fsp3) is 0.500. The molecule has 2 aromatic rings. The Bertz CT molecular complexity index is 1320. The van der Waals surface area contributed by atoms with E-state index in [0.29, 0.717) is 0 Å². The molecule has 6 atom stereocenters. The van der Waals surface area contributed by atoms with Gasteiger partial charge in [-0.15, -0.1) is 0 Å². The number of ether oxygens (including phenoxy) is 2. The van der Waals surface area contributed by atoms with Crippen LogP contribution in [0.4, 0.5) is 17.6 Å². The number of nitrogens with one attached hydrogen (secondary N) is 2. The zero-order valence-electron chi connectivity index (χ0n) is 20.8. The maximum Gasteiger partial charge on any atom is 0.459 e. The second-order valence-electron chi connectivity index (χ2n) is 8.79. The molecule has 0 saturated carbocycles. The van der Waals surface area contributed by atoms with Gasteiger partial charge in [0.1, 0.15) is 28.6 Å². The number of aromatic nitrogens is 2. The molecule has 0 radical (unpaired) electrons. The minimum absolute atomic E-state index is 0.00949. The minimum atomic E-state index is -5.71. The van der Waals surface area contributed by atoms with Gasteiger partial charge in [0, 0.05) is 6.20 Å². The van der Waals surface area contributed by atoms with Gasteiger partial charge in [0.05, 0.1) is 12.7 Å². The number of aliphatic hydroxyl groups excluding tert-OH is 1. The standard InChI is InChI=1S/C22H26F4N3O8PS/c1-12(2)35-18(31)13(3)28-38(33,37-14-7-5-4-6-8-14)34-11-15-17(30)21(23,22(24,25)26)19(36-15)29-10-9-16(39)27-20(29)32/h4-10,12-13,15,17,19,30H,11H2,1-3H3,(H,28,33)(H,27,32,39). The van der Waals surface area contributed by atoms with Crippen LogP contribution in [-0.2, 0) is 23.4 Å². The zero-order valence-corrected chi connectivity index (χ0v) is 22.5. The van der Waals surface area contributed by atoms with Gasteiger partial charge in [-0.25, -0.2) is 13.8 Å². The highest BCUT2D eigenvalue weighted by atomic mass is 32.1. The van der Waals surface area contributed by atoms with Gasteiger partial charge in [0.25, 0.3) is 5.67 Å². The van der Waals surface area contributed by atoms with Crippen molar-refractivity contribution < 1.29 is 50.5 Å². The van der Waals surface area contributed by atoms with E-state index in [0.717, 1.165) is 12.3 Å². The summed E-state index contributed by atoms with van der Waals surface area (Å²) in [5, 5.41) is 12.7. The Kier molecular flexibility index (Phi) is 9.40. The molecule has 216 valence electrons. The number of halogens is 4. The van der Waals surface area contributed by atoms with Gasteiger partial charge >= 0.3 is 25.6 Å². The van der Waals surface area contributed by atoms with Crippen LogP contribution in [-0.4, -0.2) is 63.4 Å². The van der Waals surface area contributed by atoms with Crippen molar-refractivity contribution in [1.29, 1.82) is 0 Å². The molecule has 3 N–H and O–H groups in total. The Hall–Kier alpha value is -2.62. The number of rotatable bonds is 10. The summed E-state index contributed by atoms with van der Waals surface area (Å²) in [5.74, 6) is -0.854. The number of hydrogen-bond acceptors (Lipinski definition) is 9. The summed E-state index contributed by atoms with van der Waals surface area (Å²) < 4.78 is 91.7. The van der Waals surface area contributed by atoms with Crippen molar-refractivity contribution in [1.82, 2.24) is 14.6 Å². The van der Waals surface area contributed by atoms with Crippen LogP contribution in [0, 0.1) is 4.64 Å². The summed E-state index contributed by atoms with van der Waals surface area (Å²) in [6.07, 6.45) is -13.2. The van der Waals surface area contributed by atoms with Gasteiger partial charge in [0.15, 0.2) is 6.23 Å². The first-order valence-corrected chi connectivity index (χ1v) is 13.4. The number of benzene rings is 1. The van der Waals surface area contributed by atoms with Crippen LogP contribution in [0.1, 0.15) is 27.0 Å². The Morgan fingerprint density at radius 2 is 1.92 bits per heavy atom. The van der Waals surface area contributed by atoms with E-state index in [2.05, 4.69) is 5.09 Å². The SMILES string of the molecule is CC(C)OC(=O)C(C)NP(=O)(OCC1OC(n2ccc(=S)[nH]c2=O)C(F)(C(F)(F)F)C1O)Oc1ccccc1. The lowest BCUT2D eigenvalue weighted by Crippen LogP contribution is -2.55. The number of carbonyl (C=O) groups is 1. The molecule has 1 aromatic heterocycles. The van der Waals surface area contributed by atoms with E-state index in [4.69, 9.17) is 30.7 Å². The predicted molar refractivity (Wildman–Crippen MR) is 130 cm³/mol. The first kappa shape index (κ1) is 30.9. The van der Waals surface area contributed by atoms with Gasteiger partial charge in [-0.3, -0.25) is 18.9 Å². The third-order valence-electron chi connectivity index (χ3n) is 5.42. The summed E-state index contributed by atoms with van der Waals surface area (Å²) in [5.41, 5.74) is -5.71. The Labute approximate surface area is 224 Å². The largest absolute Gasteiger partial charge is 0.462 e. The summed E-state index contributed by atoms with van der Waals surface area (Å²) in [4.78, 5) is 26.5. The van der Waals surface area contributed by atoms with Crippen LogP contribution in [0.15, 0.2) is 47.4 Å². The fourth-order valence-corrected chi connectivity index (χ4v) is 5.23. The lowest BCUT2D eigenvalue weighted by Gasteiger charge is -2.31.